The van der Waals surface area contributed by atoms with E-state index >= 15 is 0 Å². The highest BCUT2D eigenvalue weighted by Gasteiger charge is 2.16. The molecule has 0 bridgehead atoms. The monoisotopic (exact) mass is 392 g/mol. The number of rotatable bonds is 4. The second kappa shape index (κ2) is 7.71. The van der Waals surface area contributed by atoms with Crippen molar-refractivity contribution in [2.75, 3.05) is 0 Å². The maximum atomic E-state index is 13.0. The van der Waals surface area contributed by atoms with E-state index in [1.165, 1.54) is 24.3 Å². The number of nitrogens with zero attached hydrogens (tertiary/aromatic N) is 2. The van der Waals surface area contributed by atoms with Crippen molar-refractivity contribution in [1.29, 1.82) is 0 Å². The van der Waals surface area contributed by atoms with Crippen molar-refractivity contribution in [1.82, 2.24) is 4.57 Å². The lowest BCUT2D eigenvalue weighted by Crippen LogP contribution is -3.00. The fourth-order valence-corrected chi connectivity index (χ4v) is 2.65. The normalized spacial score (nSPS) is 10.5. The Morgan fingerprint density at radius 2 is 1.33 bits per heavy atom. The Labute approximate surface area is 151 Å². The molecule has 0 amide bonds. The van der Waals surface area contributed by atoms with Gasteiger partial charge in [-0.15, -0.1) is 0 Å². The number of hydrogen-bond acceptors (Lipinski definition) is 0. The van der Waals surface area contributed by atoms with E-state index in [4.69, 9.17) is 0 Å². The van der Waals surface area contributed by atoms with Crippen LogP contribution >= 0.6 is 0 Å². The van der Waals surface area contributed by atoms with Gasteiger partial charge < -0.3 is 17.0 Å². The standard InChI is InChI=1S/C19H19F2N2.BrH/c1-14-15(2)23(12-17-5-9-19(21)10-6-17)13-22(14)11-16-3-7-18(20)8-4-16;/h3-10,13H,11-12H2,1-2H3;1H/q+1;/p-1. The number of halogens is 3. The number of hydrogen-bond donors (Lipinski definition) is 0. The first-order valence-electron chi connectivity index (χ1n) is 7.57. The highest BCUT2D eigenvalue weighted by atomic mass is 79.9. The molecule has 5 heteroatoms. The predicted molar refractivity (Wildman–Crippen MR) is 85.1 cm³/mol. The van der Waals surface area contributed by atoms with Crippen molar-refractivity contribution >= 4 is 0 Å². The molecule has 0 saturated heterocycles. The third-order valence-corrected chi connectivity index (χ3v) is 4.20. The summed E-state index contributed by atoms with van der Waals surface area (Å²) >= 11 is 0. The average Bonchev–Trinajstić information content (AvgIpc) is 2.80. The molecule has 0 aliphatic heterocycles. The summed E-state index contributed by atoms with van der Waals surface area (Å²) in [6.07, 6.45) is 2.05. The first kappa shape index (κ1) is 18.3. The second-order valence-electron chi connectivity index (χ2n) is 5.80. The fraction of sp³-hybridized carbons (Fsp3) is 0.211. The van der Waals surface area contributed by atoms with Gasteiger partial charge in [-0.3, -0.25) is 0 Å². The minimum Gasteiger partial charge on any atom is -1.00 e. The van der Waals surface area contributed by atoms with Crippen LogP contribution in [0, 0.1) is 25.5 Å². The maximum Gasteiger partial charge on any atom is 0.244 e. The van der Waals surface area contributed by atoms with Gasteiger partial charge >= 0.3 is 0 Å². The van der Waals surface area contributed by atoms with Gasteiger partial charge in [0.15, 0.2) is 0 Å². The molecule has 1 aromatic heterocycles. The molecule has 0 atom stereocenters. The molecule has 2 nitrogen and oxygen atoms in total. The van der Waals surface area contributed by atoms with Crippen molar-refractivity contribution in [3.63, 3.8) is 0 Å². The van der Waals surface area contributed by atoms with Crippen LogP contribution in [-0.4, -0.2) is 4.57 Å². The van der Waals surface area contributed by atoms with Gasteiger partial charge in [0, 0.05) is 13.8 Å². The first-order valence-corrected chi connectivity index (χ1v) is 7.57. The van der Waals surface area contributed by atoms with Gasteiger partial charge in [0.25, 0.3) is 0 Å². The summed E-state index contributed by atoms with van der Waals surface area (Å²) in [4.78, 5) is 0. The van der Waals surface area contributed by atoms with Crippen LogP contribution in [0.2, 0.25) is 0 Å². The van der Waals surface area contributed by atoms with E-state index in [1.54, 1.807) is 24.3 Å². The summed E-state index contributed by atoms with van der Waals surface area (Å²) in [6, 6.07) is 13.1. The van der Waals surface area contributed by atoms with Gasteiger partial charge in [-0.2, -0.15) is 0 Å². The third-order valence-electron chi connectivity index (χ3n) is 4.20. The molecule has 2 aromatic carbocycles. The minimum absolute atomic E-state index is 0. The van der Waals surface area contributed by atoms with Crippen LogP contribution in [0.4, 0.5) is 8.78 Å². The summed E-state index contributed by atoms with van der Waals surface area (Å²) in [6.45, 7) is 5.53. The molecular formula is C19H19BrF2N2. The Kier molecular flexibility index (Phi) is 5.89. The molecule has 126 valence electrons. The molecule has 0 N–H and O–H groups in total. The van der Waals surface area contributed by atoms with E-state index in [1.807, 2.05) is 0 Å². The van der Waals surface area contributed by atoms with Gasteiger partial charge in [-0.05, 0) is 35.4 Å². The summed E-state index contributed by atoms with van der Waals surface area (Å²) in [7, 11) is 0. The lowest BCUT2D eigenvalue weighted by atomic mass is 10.2. The topological polar surface area (TPSA) is 8.81 Å². The molecule has 0 unspecified atom stereocenters. The lowest BCUT2D eigenvalue weighted by Gasteiger charge is -2.00. The van der Waals surface area contributed by atoms with Crippen LogP contribution in [0.25, 0.3) is 0 Å². The van der Waals surface area contributed by atoms with Crippen molar-refractivity contribution in [3.05, 3.63) is 89.0 Å². The Hall–Kier alpha value is -2.01. The van der Waals surface area contributed by atoms with E-state index in [0.717, 1.165) is 22.5 Å². The zero-order chi connectivity index (χ0) is 16.4. The lowest BCUT2D eigenvalue weighted by molar-refractivity contribution is -0.693. The molecule has 1 heterocycles. The smallest absolute Gasteiger partial charge is 0.244 e. The summed E-state index contributed by atoms with van der Waals surface area (Å²) in [5, 5.41) is 0. The van der Waals surface area contributed by atoms with E-state index in [-0.39, 0.29) is 28.6 Å². The van der Waals surface area contributed by atoms with E-state index in [0.29, 0.717) is 13.1 Å². The molecule has 0 spiro atoms. The van der Waals surface area contributed by atoms with Gasteiger partial charge in [-0.25, -0.2) is 17.9 Å². The Morgan fingerprint density at radius 1 is 0.833 bits per heavy atom. The number of imidazole rings is 1. The molecule has 24 heavy (non-hydrogen) atoms. The van der Waals surface area contributed by atoms with Crippen LogP contribution in [-0.2, 0) is 13.1 Å². The fourth-order valence-electron chi connectivity index (χ4n) is 2.65. The van der Waals surface area contributed by atoms with Crippen molar-refractivity contribution in [2.24, 2.45) is 0 Å². The summed E-state index contributed by atoms with van der Waals surface area (Å²) in [5.41, 5.74) is 4.43. The zero-order valence-corrected chi connectivity index (χ0v) is 15.2. The van der Waals surface area contributed by atoms with Crippen LogP contribution in [0.3, 0.4) is 0 Å². The van der Waals surface area contributed by atoms with E-state index < -0.39 is 0 Å². The van der Waals surface area contributed by atoms with Gasteiger partial charge in [0.1, 0.15) is 36.1 Å². The maximum absolute atomic E-state index is 13.0. The molecule has 0 radical (unpaired) electrons. The SMILES string of the molecule is Cc1c(C)[n+](Cc2ccc(F)cc2)cn1Cc1ccc(F)cc1.[Br-]. The Bertz CT molecular complexity index is 741. The third kappa shape index (κ3) is 4.09. The Balaban J connectivity index is 0.00000208. The van der Waals surface area contributed by atoms with Crippen LogP contribution in [0.15, 0.2) is 54.9 Å². The zero-order valence-electron chi connectivity index (χ0n) is 13.6. The Morgan fingerprint density at radius 3 is 1.88 bits per heavy atom. The highest BCUT2D eigenvalue weighted by molar-refractivity contribution is 5.18. The molecule has 0 aliphatic carbocycles. The van der Waals surface area contributed by atoms with Crippen LogP contribution in [0.5, 0.6) is 0 Å². The highest BCUT2D eigenvalue weighted by Crippen LogP contribution is 2.10. The van der Waals surface area contributed by atoms with E-state index in [9.17, 15) is 8.78 Å². The minimum atomic E-state index is -0.222. The molecule has 0 fully saturated rings. The van der Waals surface area contributed by atoms with Gasteiger partial charge in [-0.1, -0.05) is 24.3 Å². The quantitative estimate of drug-likeness (QED) is 0.580. The number of aromatic nitrogens is 2. The van der Waals surface area contributed by atoms with Crippen LogP contribution < -0.4 is 21.5 Å². The van der Waals surface area contributed by atoms with Gasteiger partial charge in [0.2, 0.25) is 6.33 Å². The van der Waals surface area contributed by atoms with Crippen LogP contribution in [0.1, 0.15) is 22.5 Å². The predicted octanol–water partition coefficient (Wildman–Crippen LogP) is 0.771. The molecule has 0 saturated carbocycles. The van der Waals surface area contributed by atoms with Crippen molar-refractivity contribution in [3.8, 4) is 0 Å². The van der Waals surface area contributed by atoms with E-state index in [2.05, 4.69) is 29.3 Å². The number of benzene rings is 2. The molecular weight excluding hydrogens is 374 g/mol. The first-order chi connectivity index (χ1) is 11.0. The molecule has 3 rings (SSSR count). The second-order valence-corrected chi connectivity index (χ2v) is 5.80. The van der Waals surface area contributed by atoms with Crippen molar-refractivity contribution in [2.45, 2.75) is 26.9 Å². The largest absolute Gasteiger partial charge is 1.00 e. The average molecular weight is 393 g/mol. The summed E-state index contributed by atoms with van der Waals surface area (Å²) in [5.74, 6) is -0.443. The molecule has 0 aliphatic rings. The van der Waals surface area contributed by atoms with Crippen molar-refractivity contribution < 1.29 is 30.3 Å². The van der Waals surface area contributed by atoms with Gasteiger partial charge in [0.05, 0.1) is 0 Å². The summed E-state index contributed by atoms with van der Waals surface area (Å²) < 4.78 is 30.3. The molecule has 3 aromatic rings.